The molecule has 1 aromatic rings. The first-order valence-corrected chi connectivity index (χ1v) is 4.22. The maximum absolute atomic E-state index is 5.38. The van der Waals surface area contributed by atoms with Crippen LogP contribution in [-0.2, 0) is 13.0 Å². The second kappa shape index (κ2) is 5.89. The summed E-state index contributed by atoms with van der Waals surface area (Å²) in [6.45, 7) is 4.77. The Hall–Kier alpha value is -0.670. The molecule has 74 valence electrons. The minimum Gasteiger partial charge on any atom is -0.324 e. The van der Waals surface area contributed by atoms with E-state index in [-0.39, 0.29) is 12.4 Å². The van der Waals surface area contributed by atoms with Gasteiger partial charge >= 0.3 is 0 Å². The molecule has 0 aromatic carbocycles. The van der Waals surface area contributed by atoms with E-state index in [4.69, 9.17) is 5.73 Å². The lowest BCUT2D eigenvalue weighted by Gasteiger charge is -2.03. The molecule has 0 radical (unpaired) electrons. The highest BCUT2D eigenvalue weighted by atomic mass is 35.5. The minimum atomic E-state index is 0. The Morgan fingerprint density at radius 2 is 1.85 bits per heavy atom. The van der Waals surface area contributed by atoms with E-state index in [1.54, 1.807) is 0 Å². The van der Waals surface area contributed by atoms with Gasteiger partial charge < -0.3 is 5.73 Å². The van der Waals surface area contributed by atoms with Crippen LogP contribution in [0, 0.1) is 5.92 Å². The number of nitrogens with zero attached hydrogens (tertiary/aromatic N) is 2. The van der Waals surface area contributed by atoms with Crippen LogP contribution in [0.4, 0.5) is 0 Å². The monoisotopic (exact) mass is 201 g/mol. The van der Waals surface area contributed by atoms with Crippen LogP contribution in [0.15, 0.2) is 12.4 Å². The number of aromatic nitrogens is 2. The third-order valence-electron chi connectivity index (χ3n) is 1.59. The van der Waals surface area contributed by atoms with Crippen molar-refractivity contribution in [2.45, 2.75) is 26.8 Å². The third kappa shape index (κ3) is 4.20. The molecule has 1 rings (SSSR count). The van der Waals surface area contributed by atoms with Crippen molar-refractivity contribution < 1.29 is 0 Å². The zero-order chi connectivity index (χ0) is 8.97. The fourth-order valence-electron chi connectivity index (χ4n) is 1.06. The summed E-state index contributed by atoms with van der Waals surface area (Å²) >= 11 is 0. The molecule has 0 aliphatic rings. The number of hydrogen-bond donors (Lipinski definition) is 1. The zero-order valence-corrected chi connectivity index (χ0v) is 8.84. The lowest BCUT2D eigenvalue weighted by atomic mass is 10.1. The van der Waals surface area contributed by atoms with Gasteiger partial charge in [-0.2, -0.15) is 0 Å². The minimum absolute atomic E-state index is 0. The van der Waals surface area contributed by atoms with E-state index in [0.717, 1.165) is 6.42 Å². The van der Waals surface area contributed by atoms with E-state index in [1.165, 1.54) is 5.56 Å². The maximum Gasteiger partial charge on any atom is 0.141 e. The fraction of sp³-hybridized carbons (Fsp3) is 0.556. The van der Waals surface area contributed by atoms with Gasteiger partial charge in [0.15, 0.2) is 0 Å². The highest BCUT2D eigenvalue weighted by Crippen LogP contribution is 2.04. The smallest absolute Gasteiger partial charge is 0.141 e. The summed E-state index contributed by atoms with van der Waals surface area (Å²) < 4.78 is 0. The first-order chi connectivity index (χ1) is 5.72. The topological polar surface area (TPSA) is 51.8 Å². The Bertz CT molecular complexity index is 233. The van der Waals surface area contributed by atoms with Gasteiger partial charge in [-0.3, -0.25) is 0 Å². The molecular weight excluding hydrogens is 186 g/mol. The van der Waals surface area contributed by atoms with Crippen LogP contribution in [-0.4, -0.2) is 9.97 Å². The van der Waals surface area contributed by atoms with E-state index in [0.29, 0.717) is 18.3 Å². The summed E-state index contributed by atoms with van der Waals surface area (Å²) in [5.74, 6) is 1.36. The highest BCUT2D eigenvalue weighted by molar-refractivity contribution is 5.85. The molecule has 0 aliphatic carbocycles. The van der Waals surface area contributed by atoms with E-state index in [9.17, 15) is 0 Å². The number of nitrogens with two attached hydrogens (primary N) is 1. The molecule has 0 saturated carbocycles. The molecule has 1 aromatic heterocycles. The van der Waals surface area contributed by atoms with Gasteiger partial charge in [0.1, 0.15) is 5.82 Å². The van der Waals surface area contributed by atoms with Gasteiger partial charge in [0.2, 0.25) is 0 Å². The Balaban J connectivity index is 0.00000144. The van der Waals surface area contributed by atoms with Crippen LogP contribution in [0.5, 0.6) is 0 Å². The van der Waals surface area contributed by atoms with Crippen LogP contribution in [0.25, 0.3) is 0 Å². The predicted molar refractivity (Wildman–Crippen MR) is 55.7 cm³/mol. The van der Waals surface area contributed by atoms with Crippen LogP contribution < -0.4 is 5.73 Å². The molecule has 0 saturated heterocycles. The summed E-state index contributed by atoms with van der Waals surface area (Å²) in [5.41, 5.74) is 6.56. The first kappa shape index (κ1) is 12.3. The molecular formula is C9H16ClN3. The van der Waals surface area contributed by atoms with Crippen molar-refractivity contribution in [1.29, 1.82) is 0 Å². The average molecular weight is 202 g/mol. The molecule has 13 heavy (non-hydrogen) atoms. The van der Waals surface area contributed by atoms with Crippen molar-refractivity contribution in [2.75, 3.05) is 0 Å². The van der Waals surface area contributed by atoms with Crippen molar-refractivity contribution in [3.63, 3.8) is 0 Å². The molecule has 1 heterocycles. The van der Waals surface area contributed by atoms with Crippen molar-refractivity contribution in [3.05, 3.63) is 23.8 Å². The molecule has 0 amide bonds. The molecule has 0 fully saturated rings. The molecule has 4 heteroatoms. The summed E-state index contributed by atoms with van der Waals surface area (Å²) in [6, 6.07) is 0. The Morgan fingerprint density at radius 3 is 2.23 bits per heavy atom. The largest absolute Gasteiger partial charge is 0.324 e. The predicted octanol–water partition coefficient (Wildman–Crippen LogP) is 1.56. The SMILES string of the molecule is CC(C)Cc1cnc(CN)nc1.Cl. The lowest BCUT2D eigenvalue weighted by molar-refractivity contribution is 0.642. The molecule has 0 aliphatic heterocycles. The molecule has 0 spiro atoms. The van der Waals surface area contributed by atoms with Crippen molar-refractivity contribution in [1.82, 2.24) is 9.97 Å². The second-order valence-corrected chi connectivity index (χ2v) is 3.31. The standard InChI is InChI=1S/C9H15N3.ClH/c1-7(2)3-8-5-11-9(4-10)12-6-8;/h5-7H,3-4,10H2,1-2H3;1H. The van der Waals surface area contributed by atoms with Crippen LogP contribution >= 0.6 is 12.4 Å². The first-order valence-electron chi connectivity index (χ1n) is 4.22. The summed E-state index contributed by atoms with van der Waals surface area (Å²) in [6.07, 6.45) is 4.75. The van der Waals surface area contributed by atoms with Crippen LogP contribution in [0.2, 0.25) is 0 Å². The molecule has 0 bridgehead atoms. The van der Waals surface area contributed by atoms with Gasteiger partial charge in [0.25, 0.3) is 0 Å². The van der Waals surface area contributed by atoms with E-state index in [2.05, 4.69) is 23.8 Å². The van der Waals surface area contributed by atoms with Crippen LogP contribution in [0.3, 0.4) is 0 Å². The lowest BCUT2D eigenvalue weighted by Crippen LogP contribution is -2.04. The summed E-state index contributed by atoms with van der Waals surface area (Å²) in [7, 11) is 0. The second-order valence-electron chi connectivity index (χ2n) is 3.31. The van der Waals surface area contributed by atoms with Crippen molar-refractivity contribution in [2.24, 2.45) is 11.7 Å². The number of halogens is 1. The van der Waals surface area contributed by atoms with Crippen LogP contribution in [0.1, 0.15) is 25.2 Å². The molecule has 2 N–H and O–H groups in total. The Morgan fingerprint density at radius 1 is 1.31 bits per heavy atom. The van der Waals surface area contributed by atoms with Gasteiger partial charge in [-0.25, -0.2) is 9.97 Å². The fourth-order valence-corrected chi connectivity index (χ4v) is 1.06. The van der Waals surface area contributed by atoms with Crippen molar-refractivity contribution >= 4 is 12.4 Å². The van der Waals surface area contributed by atoms with Gasteiger partial charge in [-0.05, 0) is 17.9 Å². The summed E-state index contributed by atoms with van der Waals surface area (Å²) in [4.78, 5) is 8.23. The quantitative estimate of drug-likeness (QED) is 0.808. The van der Waals surface area contributed by atoms with Gasteiger partial charge in [0.05, 0.1) is 6.54 Å². The van der Waals surface area contributed by atoms with E-state index in [1.807, 2.05) is 12.4 Å². The van der Waals surface area contributed by atoms with Gasteiger partial charge in [0, 0.05) is 12.4 Å². The van der Waals surface area contributed by atoms with E-state index < -0.39 is 0 Å². The Labute approximate surface area is 85.2 Å². The molecule has 3 nitrogen and oxygen atoms in total. The van der Waals surface area contributed by atoms with Gasteiger partial charge in [-0.1, -0.05) is 13.8 Å². The highest BCUT2D eigenvalue weighted by Gasteiger charge is 1.98. The van der Waals surface area contributed by atoms with Gasteiger partial charge in [-0.15, -0.1) is 12.4 Å². The Kier molecular flexibility index (Phi) is 5.58. The third-order valence-corrected chi connectivity index (χ3v) is 1.59. The number of rotatable bonds is 3. The van der Waals surface area contributed by atoms with Crippen molar-refractivity contribution in [3.8, 4) is 0 Å². The summed E-state index contributed by atoms with van der Waals surface area (Å²) in [5, 5.41) is 0. The normalized spacial score (nSPS) is 9.85. The average Bonchev–Trinajstić information content (AvgIpc) is 2.05. The van der Waals surface area contributed by atoms with E-state index >= 15 is 0 Å². The number of hydrogen-bond acceptors (Lipinski definition) is 3. The maximum atomic E-state index is 5.38. The molecule has 0 atom stereocenters. The zero-order valence-electron chi connectivity index (χ0n) is 8.03. The molecule has 0 unspecified atom stereocenters.